The molecule has 0 aliphatic carbocycles. The number of carboxylic acids is 1. The van der Waals surface area contributed by atoms with Gasteiger partial charge in [0, 0.05) is 4.70 Å². The van der Waals surface area contributed by atoms with Crippen LogP contribution in [-0.4, -0.2) is 23.8 Å². The van der Waals surface area contributed by atoms with E-state index in [1.165, 1.54) is 11.3 Å². The average molecular weight is 289 g/mol. The maximum Gasteiger partial charge on any atom is 0.401 e. The van der Waals surface area contributed by atoms with Gasteiger partial charge in [0.25, 0.3) is 0 Å². The van der Waals surface area contributed by atoms with Crippen LogP contribution < -0.4 is 5.32 Å². The topological polar surface area (TPSA) is 49.3 Å². The third-order valence-electron chi connectivity index (χ3n) is 2.58. The molecule has 0 saturated carbocycles. The number of aliphatic carboxylic acids is 1. The summed E-state index contributed by atoms with van der Waals surface area (Å²) in [5, 5.41) is 13.3. The van der Waals surface area contributed by atoms with Crippen LogP contribution in [0, 0.1) is 0 Å². The summed E-state index contributed by atoms with van der Waals surface area (Å²) in [6.07, 6.45) is -4.44. The number of thiophene rings is 1. The molecule has 3 nitrogen and oxygen atoms in total. The number of carboxylic acid groups (broad SMARTS) is 1. The number of rotatable bonds is 4. The van der Waals surface area contributed by atoms with E-state index in [0.717, 1.165) is 4.70 Å². The van der Waals surface area contributed by atoms with Crippen molar-refractivity contribution in [2.75, 3.05) is 6.54 Å². The smallest absolute Gasteiger partial charge is 0.401 e. The Bertz CT molecular complexity index is 594. The Labute approximate surface area is 110 Å². The first-order chi connectivity index (χ1) is 8.88. The molecule has 2 N–H and O–H groups in total. The van der Waals surface area contributed by atoms with Crippen LogP contribution in [0.4, 0.5) is 13.2 Å². The van der Waals surface area contributed by atoms with Crippen molar-refractivity contribution >= 4 is 27.4 Å². The number of fused-ring (bicyclic) bond motifs is 1. The van der Waals surface area contributed by atoms with Crippen LogP contribution in [-0.2, 0) is 4.79 Å². The molecule has 0 amide bonds. The maximum absolute atomic E-state index is 12.2. The van der Waals surface area contributed by atoms with Gasteiger partial charge >= 0.3 is 12.1 Å². The van der Waals surface area contributed by atoms with Gasteiger partial charge in [-0.1, -0.05) is 18.2 Å². The molecule has 0 bridgehead atoms. The molecule has 1 unspecified atom stereocenters. The molecule has 0 spiro atoms. The van der Waals surface area contributed by atoms with E-state index < -0.39 is 24.7 Å². The Morgan fingerprint density at radius 2 is 2.05 bits per heavy atom. The first kappa shape index (κ1) is 13.8. The van der Waals surface area contributed by atoms with Gasteiger partial charge < -0.3 is 5.11 Å². The molecule has 0 aliphatic heterocycles. The van der Waals surface area contributed by atoms with Crippen LogP contribution in [0.25, 0.3) is 10.1 Å². The van der Waals surface area contributed by atoms with Crippen molar-refractivity contribution in [3.8, 4) is 0 Å². The SMILES string of the molecule is O=C(O)C(NCC(F)(F)F)c1csc2ccccc12. The standard InChI is InChI=1S/C12H10F3NO2S/c13-12(14,15)6-16-10(11(17)18)8-5-19-9-4-2-1-3-7(8)9/h1-5,10,16H,6H2,(H,17,18). The van der Waals surface area contributed by atoms with Crippen molar-refractivity contribution in [2.24, 2.45) is 0 Å². The Kier molecular flexibility index (Phi) is 3.77. The maximum atomic E-state index is 12.2. The van der Waals surface area contributed by atoms with Crippen molar-refractivity contribution in [2.45, 2.75) is 12.2 Å². The Morgan fingerprint density at radius 3 is 2.68 bits per heavy atom. The van der Waals surface area contributed by atoms with Crippen LogP contribution in [0.3, 0.4) is 0 Å². The minimum Gasteiger partial charge on any atom is -0.480 e. The quantitative estimate of drug-likeness (QED) is 0.909. The second-order valence-corrected chi connectivity index (χ2v) is 4.87. The fourth-order valence-corrected chi connectivity index (χ4v) is 2.76. The summed E-state index contributed by atoms with van der Waals surface area (Å²) >= 11 is 1.31. The number of benzene rings is 1. The van der Waals surface area contributed by atoms with Crippen molar-refractivity contribution in [1.29, 1.82) is 0 Å². The van der Waals surface area contributed by atoms with Gasteiger partial charge in [0.2, 0.25) is 0 Å². The van der Waals surface area contributed by atoms with Gasteiger partial charge in [-0.3, -0.25) is 10.1 Å². The molecule has 19 heavy (non-hydrogen) atoms. The predicted octanol–water partition coefficient (Wildman–Crippen LogP) is 3.18. The fourth-order valence-electron chi connectivity index (χ4n) is 1.77. The highest BCUT2D eigenvalue weighted by Crippen LogP contribution is 2.30. The molecule has 1 aromatic carbocycles. The van der Waals surface area contributed by atoms with E-state index in [1.54, 1.807) is 29.6 Å². The highest BCUT2D eigenvalue weighted by atomic mass is 32.1. The summed E-state index contributed by atoms with van der Waals surface area (Å²) in [6, 6.07) is 5.65. The Balaban J connectivity index is 2.31. The molecule has 102 valence electrons. The average Bonchev–Trinajstić information content (AvgIpc) is 2.72. The number of carbonyl (C=O) groups is 1. The first-order valence-corrected chi connectivity index (χ1v) is 6.25. The molecule has 2 rings (SSSR count). The molecule has 7 heteroatoms. The summed E-state index contributed by atoms with van der Waals surface area (Å²) in [7, 11) is 0. The zero-order chi connectivity index (χ0) is 14.0. The van der Waals surface area contributed by atoms with Crippen molar-refractivity contribution in [1.82, 2.24) is 5.32 Å². The van der Waals surface area contributed by atoms with E-state index in [-0.39, 0.29) is 0 Å². The van der Waals surface area contributed by atoms with E-state index >= 15 is 0 Å². The van der Waals surface area contributed by atoms with Crippen molar-refractivity contribution in [3.63, 3.8) is 0 Å². The monoisotopic (exact) mass is 289 g/mol. The lowest BCUT2D eigenvalue weighted by Gasteiger charge is -2.15. The number of alkyl halides is 3. The summed E-state index contributed by atoms with van der Waals surface area (Å²) in [4.78, 5) is 11.1. The molecule has 0 radical (unpaired) electrons. The summed E-state index contributed by atoms with van der Waals surface area (Å²) in [6.45, 7) is -1.34. The minimum absolute atomic E-state index is 0.359. The molecule has 0 fully saturated rings. The van der Waals surface area contributed by atoms with Gasteiger partial charge in [-0.25, -0.2) is 0 Å². The first-order valence-electron chi connectivity index (χ1n) is 5.37. The van der Waals surface area contributed by atoms with Crippen LogP contribution in [0.2, 0.25) is 0 Å². The zero-order valence-corrected chi connectivity index (χ0v) is 10.4. The third-order valence-corrected chi connectivity index (χ3v) is 3.56. The predicted molar refractivity (Wildman–Crippen MR) is 66.3 cm³/mol. The largest absolute Gasteiger partial charge is 0.480 e. The highest BCUT2D eigenvalue weighted by Gasteiger charge is 2.31. The van der Waals surface area contributed by atoms with Crippen LogP contribution in [0.5, 0.6) is 0 Å². The molecule has 0 saturated heterocycles. The number of nitrogens with one attached hydrogen (secondary N) is 1. The lowest BCUT2D eigenvalue weighted by Crippen LogP contribution is -2.35. The van der Waals surface area contributed by atoms with Gasteiger partial charge in [0.15, 0.2) is 0 Å². The Hall–Kier alpha value is -1.60. The molecule has 1 heterocycles. The van der Waals surface area contributed by atoms with E-state index in [9.17, 15) is 18.0 Å². The van der Waals surface area contributed by atoms with E-state index in [1.807, 2.05) is 5.32 Å². The summed E-state index contributed by atoms with van der Waals surface area (Å²) < 4.78 is 37.4. The lowest BCUT2D eigenvalue weighted by molar-refractivity contribution is -0.143. The number of halogens is 3. The van der Waals surface area contributed by atoms with Gasteiger partial charge in [0.05, 0.1) is 6.54 Å². The molecule has 2 aromatic rings. The van der Waals surface area contributed by atoms with Gasteiger partial charge in [-0.05, 0) is 22.4 Å². The number of hydrogen-bond donors (Lipinski definition) is 2. The molecular weight excluding hydrogens is 279 g/mol. The second-order valence-electron chi connectivity index (χ2n) is 3.95. The number of hydrogen-bond acceptors (Lipinski definition) is 3. The minimum atomic E-state index is -4.44. The van der Waals surface area contributed by atoms with Crippen LogP contribution in [0.1, 0.15) is 11.6 Å². The van der Waals surface area contributed by atoms with E-state index in [4.69, 9.17) is 5.11 Å². The van der Waals surface area contributed by atoms with Gasteiger partial charge in [0.1, 0.15) is 6.04 Å². The summed E-state index contributed by atoms with van der Waals surface area (Å²) in [5.41, 5.74) is 0.359. The second kappa shape index (κ2) is 5.18. The van der Waals surface area contributed by atoms with Crippen LogP contribution in [0.15, 0.2) is 29.6 Å². The third kappa shape index (κ3) is 3.24. The Morgan fingerprint density at radius 1 is 1.37 bits per heavy atom. The molecular formula is C12H10F3NO2S. The van der Waals surface area contributed by atoms with Gasteiger partial charge in [-0.2, -0.15) is 13.2 Å². The normalized spacial score (nSPS) is 13.6. The van der Waals surface area contributed by atoms with Crippen molar-refractivity contribution in [3.05, 3.63) is 35.2 Å². The van der Waals surface area contributed by atoms with E-state index in [0.29, 0.717) is 10.9 Å². The molecule has 0 aliphatic rings. The van der Waals surface area contributed by atoms with Gasteiger partial charge in [-0.15, -0.1) is 11.3 Å². The highest BCUT2D eigenvalue weighted by molar-refractivity contribution is 7.17. The summed E-state index contributed by atoms with van der Waals surface area (Å²) in [5.74, 6) is -1.33. The van der Waals surface area contributed by atoms with Crippen molar-refractivity contribution < 1.29 is 23.1 Å². The van der Waals surface area contributed by atoms with Crippen LogP contribution >= 0.6 is 11.3 Å². The molecule has 1 aromatic heterocycles. The molecule has 1 atom stereocenters. The fraction of sp³-hybridized carbons (Fsp3) is 0.250. The zero-order valence-electron chi connectivity index (χ0n) is 9.57. The van der Waals surface area contributed by atoms with E-state index in [2.05, 4.69) is 0 Å². The lowest BCUT2D eigenvalue weighted by atomic mass is 10.1.